The van der Waals surface area contributed by atoms with E-state index in [-0.39, 0.29) is 32.0 Å². The molecule has 2 aliphatic heterocycles. The fourth-order valence-electron chi connectivity index (χ4n) is 3.41. The summed E-state index contributed by atoms with van der Waals surface area (Å²) in [5, 5.41) is 3.92. The van der Waals surface area contributed by atoms with E-state index in [1.165, 1.54) is 27.7 Å². The summed E-state index contributed by atoms with van der Waals surface area (Å²) in [6.07, 6.45) is 6.03. The maximum atomic E-state index is 11.3. The largest absolute Gasteiger partial charge is 0.463 e. The van der Waals surface area contributed by atoms with Crippen molar-refractivity contribution in [3.8, 4) is 0 Å². The lowest BCUT2D eigenvalue weighted by Crippen LogP contribution is -2.41. The van der Waals surface area contributed by atoms with Crippen molar-refractivity contribution in [3.63, 3.8) is 0 Å². The molecule has 12 nitrogen and oxygen atoms in total. The van der Waals surface area contributed by atoms with E-state index >= 15 is 0 Å². The maximum Gasteiger partial charge on any atom is 0.303 e. The van der Waals surface area contributed by atoms with Crippen LogP contribution in [0.3, 0.4) is 0 Å². The zero-order chi connectivity index (χ0) is 26.5. The molecule has 0 aliphatic carbocycles. The van der Waals surface area contributed by atoms with Gasteiger partial charge in [0.05, 0.1) is 12.2 Å². The zero-order valence-electron chi connectivity index (χ0n) is 20.8. The summed E-state index contributed by atoms with van der Waals surface area (Å²) in [4.78, 5) is 50.1. The Morgan fingerprint density at radius 3 is 1.75 bits per heavy atom. The summed E-state index contributed by atoms with van der Waals surface area (Å²) in [6, 6.07) is 0. The Labute approximate surface area is 209 Å². The third kappa shape index (κ3) is 11.0. The molecule has 0 aromatic heterocycles. The minimum Gasteiger partial charge on any atom is -0.463 e. The topological polar surface area (TPSA) is 145 Å². The fourth-order valence-corrected chi connectivity index (χ4v) is 3.41. The molecule has 2 aliphatic rings. The minimum absolute atomic E-state index is 0.0429. The van der Waals surface area contributed by atoms with Gasteiger partial charge in [0.25, 0.3) is 0 Å². The second kappa shape index (κ2) is 15.0. The van der Waals surface area contributed by atoms with Crippen LogP contribution in [0.15, 0.2) is 29.5 Å². The average Bonchev–Trinajstić information content (AvgIpc) is 2.80. The van der Waals surface area contributed by atoms with Crippen molar-refractivity contribution in [2.75, 3.05) is 19.8 Å². The summed E-state index contributed by atoms with van der Waals surface area (Å²) < 4.78 is 32.1. The first-order valence-corrected chi connectivity index (χ1v) is 11.6. The van der Waals surface area contributed by atoms with Gasteiger partial charge in [0.15, 0.2) is 0 Å². The molecule has 12 heteroatoms. The van der Waals surface area contributed by atoms with Gasteiger partial charge >= 0.3 is 23.9 Å². The van der Waals surface area contributed by atoms with Crippen LogP contribution < -0.4 is 0 Å². The van der Waals surface area contributed by atoms with Crippen molar-refractivity contribution in [2.24, 2.45) is 5.16 Å². The highest BCUT2D eigenvalue weighted by molar-refractivity contribution is 5.67. The predicted molar refractivity (Wildman–Crippen MR) is 124 cm³/mol. The van der Waals surface area contributed by atoms with Crippen LogP contribution in [-0.2, 0) is 52.4 Å². The fraction of sp³-hybridized carbons (Fsp3) is 0.625. The lowest BCUT2D eigenvalue weighted by Gasteiger charge is -2.31. The van der Waals surface area contributed by atoms with Crippen molar-refractivity contribution in [2.45, 2.75) is 77.2 Å². The number of carbonyl (C=O) groups excluding carboxylic acids is 4. The SMILES string of the molecule is CC(=O)OC[C@@H]1O[C@H](C/C=N\OCC[C@H]2C=C[C@H](OC(C)=O)[C@@H](COC(C)=O)O2)C=C[C@@H]1OC(C)=O. The van der Waals surface area contributed by atoms with E-state index in [0.29, 0.717) is 12.8 Å². The van der Waals surface area contributed by atoms with Crippen molar-refractivity contribution >= 4 is 30.1 Å². The highest BCUT2D eigenvalue weighted by Crippen LogP contribution is 2.20. The van der Waals surface area contributed by atoms with E-state index in [4.69, 9.17) is 33.3 Å². The van der Waals surface area contributed by atoms with Gasteiger partial charge in [-0.05, 0) is 12.2 Å². The Morgan fingerprint density at radius 2 is 1.25 bits per heavy atom. The van der Waals surface area contributed by atoms with Gasteiger partial charge in [0, 0.05) is 46.8 Å². The van der Waals surface area contributed by atoms with Crippen molar-refractivity contribution in [1.29, 1.82) is 0 Å². The Kier molecular flexibility index (Phi) is 12.1. The van der Waals surface area contributed by atoms with Crippen LogP contribution in [0.5, 0.6) is 0 Å². The third-order valence-electron chi connectivity index (χ3n) is 4.95. The molecule has 0 saturated carbocycles. The third-order valence-corrected chi connectivity index (χ3v) is 4.95. The van der Waals surface area contributed by atoms with E-state index in [0.717, 1.165) is 0 Å². The van der Waals surface area contributed by atoms with Gasteiger partial charge in [-0.3, -0.25) is 19.2 Å². The number of esters is 4. The smallest absolute Gasteiger partial charge is 0.303 e. The van der Waals surface area contributed by atoms with E-state index in [9.17, 15) is 19.2 Å². The first-order chi connectivity index (χ1) is 17.1. The molecule has 0 unspecified atom stereocenters. The van der Waals surface area contributed by atoms with Gasteiger partial charge in [0.2, 0.25) is 0 Å². The number of ether oxygens (including phenoxy) is 6. The Hall–Kier alpha value is -3.25. The molecule has 0 saturated heterocycles. The summed E-state index contributed by atoms with van der Waals surface area (Å²) in [6.45, 7) is 5.31. The Balaban J connectivity index is 1.77. The van der Waals surface area contributed by atoms with E-state index < -0.39 is 48.3 Å². The molecular weight excluding hydrogens is 478 g/mol. The molecule has 0 radical (unpaired) electrons. The molecule has 0 amide bonds. The molecule has 0 aromatic carbocycles. The quantitative estimate of drug-likeness (QED) is 0.0936. The number of hydrogen-bond donors (Lipinski definition) is 0. The van der Waals surface area contributed by atoms with Crippen LogP contribution >= 0.6 is 0 Å². The molecule has 2 heterocycles. The molecule has 0 N–H and O–H groups in total. The van der Waals surface area contributed by atoms with E-state index in [1.807, 2.05) is 0 Å². The van der Waals surface area contributed by atoms with Gasteiger partial charge in [0.1, 0.15) is 44.2 Å². The number of nitrogens with zero attached hydrogens (tertiary/aromatic N) is 1. The van der Waals surface area contributed by atoms with Crippen LogP contribution in [0.4, 0.5) is 0 Å². The van der Waals surface area contributed by atoms with Gasteiger partial charge < -0.3 is 33.3 Å². The Morgan fingerprint density at radius 1 is 0.750 bits per heavy atom. The molecule has 0 fully saturated rings. The second-order valence-electron chi connectivity index (χ2n) is 8.09. The molecule has 200 valence electrons. The average molecular weight is 512 g/mol. The summed E-state index contributed by atoms with van der Waals surface area (Å²) >= 11 is 0. The predicted octanol–water partition coefficient (Wildman–Crippen LogP) is 1.41. The van der Waals surface area contributed by atoms with Crippen molar-refractivity contribution in [3.05, 3.63) is 24.3 Å². The van der Waals surface area contributed by atoms with Crippen molar-refractivity contribution < 1.29 is 52.4 Å². The van der Waals surface area contributed by atoms with Crippen LogP contribution in [-0.4, -0.2) is 86.5 Å². The summed E-state index contributed by atoms with van der Waals surface area (Å²) in [5.41, 5.74) is 0. The van der Waals surface area contributed by atoms with Crippen molar-refractivity contribution in [1.82, 2.24) is 0 Å². The molecule has 0 spiro atoms. The second-order valence-corrected chi connectivity index (χ2v) is 8.09. The first-order valence-electron chi connectivity index (χ1n) is 11.6. The number of hydrogen-bond acceptors (Lipinski definition) is 12. The monoisotopic (exact) mass is 511 g/mol. The molecule has 2 rings (SSSR count). The molecule has 6 atom stereocenters. The summed E-state index contributed by atoms with van der Waals surface area (Å²) in [5.74, 6) is -1.85. The highest BCUT2D eigenvalue weighted by Gasteiger charge is 2.31. The van der Waals surface area contributed by atoms with E-state index in [1.54, 1.807) is 30.5 Å². The van der Waals surface area contributed by atoms with Gasteiger partial charge in [-0.1, -0.05) is 17.3 Å². The standard InChI is InChI=1S/C24H33NO11/c1-15(26)30-13-23-21(33-17(3)28)7-5-19(35-23)9-11-25-32-12-10-20-6-8-22(34-18(4)29)24(36-20)14-31-16(2)27/h5-8,11,19-24H,9-10,12-14H2,1-4H3/b25-11-/t19-,20+,21-,22-,23-,24+/m0/s1. The molecule has 0 bridgehead atoms. The number of oxime groups is 1. The highest BCUT2D eigenvalue weighted by atomic mass is 16.6. The van der Waals surface area contributed by atoms with Gasteiger partial charge in [-0.25, -0.2) is 0 Å². The van der Waals surface area contributed by atoms with Crippen LogP contribution in [0.2, 0.25) is 0 Å². The first kappa shape index (κ1) is 29.0. The van der Waals surface area contributed by atoms with Crippen LogP contribution in [0.25, 0.3) is 0 Å². The molecule has 36 heavy (non-hydrogen) atoms. The molecular formula is C24H33NO11. The molecule has 0 aromatic rings. The Bertz CT molecular complexity index is 853. The van der Waals surface area contributed by atoms with Gasteiger partial charge in [-0.15, -0.1) is 0 Å². The van der Waals surface area contributed by atoms with Crippen LogP contribution in [0, 0.1) is 0 Å². The minimum atomic E-state index is -0.653. The lowest BCUT2D eigenvalue weighted by atomic mass is 10.1. The maximum absolute atomic E-state index is 11.3. The van der Waals surface area contributed by atoms with E-state index in [2.05, 4.69) is 5.16 Å². The van der Waals surface area contributed by atoms with Gasteiger partial charge in [-0.2, -0.15) is 0 Å². The van der Waals surface area contributed by atoms with Crippen LogP contribution in [0.1, 0.15) is 40.5 Å². The number of carbonyl (C=O) groups is 4. The zero-order valence-corrected chi connectivity index (χ0v) is 20.8. The summed E-state index contributed by atoms with van der Waals surface area (Å²) in [7, 11) is 0. The lowest BCUT2D eigenvalue weighted by molar-refractivity contribution is -0.165. The normalized spacial score (nSPS) is 27.3. The number of rotatable bonds is 12.